The molecule has 1 unspecified atom stereocenters. The van der Waals surface area contributed by atoms with Crippen LogP contribution in [-0.4, -0.2) is 42.1 Å². The molecular formula is C16H24N2O2. The molecule has 4 heteroatoms. The van der Waals surface area contributed by atoms with Crippen molar-refractivity contribution in [2.75, 3.05) is 20.1 Å². The summed E-state index contributed by atoms with van der Waals surface area (Å²) in [5.74, 6) is 0.0468. The number of rotatable bonds is 4. The van der Waals surface area contributed by atoms with Crippen molar-refractivity contribution in [3.05, 3.63) is 29.3 Å². The van der Waals surface area contributed by atoms with Crippen LogP contribution in [0.2, 0.25) is 0 Å². The molecule has 110 valence electrons. The van der Waals surface area contributed by atoms with E-state index in [9.17, 15) is 9.90 Å². The maximum atomic E-state index is 12.7. The number of phenols is 1. The number of hydrogen-bond acceptors (Lipinski definition) is 3. The summed E-state index contributed by atoms with van der Waals surface area (Å²) in [6, 6.07) is 5.49. The number of carbonyl (C=O) groups excluding carboxylic acids is 1. The van der Waals surface area contributed by atoms with Crippen LogP contribution in [0.1, 0.15) is 41.6 Å². The zero-order chi connectivity index (χ0) is 14.5. The Hall–Kier alpha value is -1.55. The number of nitrogens with zero attached hydrogens (tertiary/aromatic N) is 1. The Balaban J connectivity index is 2.18. The van der Waals surface area contributed by atoms with Crippen LogP contribution in [0.15, 0.2) is 18.2 Å². The number of benzene rings is 1. The SMILES string of the molecule is CNCCC1CCCCN1C(=O)c1cc(C)ccc1O. The number of amides is 1. The molecule has 1 saturated heterocycles. The lowest BCUT2D eigenvalue weighted by atomic mass is 9.97. The van der Waals surface area contributed by atoms with Gasteiger partial charge in [-0.2, -0.15) is 0 Å². The van der Waals surface area contributed by atoms with Gasteiger partial charge >= 0.3 is 0 Å². The first-order valence-electron chi connectivity index (χ1n) is 7.38. The first-order chi connectivity index (χ1) is 9.63. The molecule has 0 aliphatic carbocycles. The van der Waals surface area contributed by atoms with Crippen molar-refractivity contribution in [2.45, 2.75) is 38.6 Å². The van der Waals surface area contributed by atoms with E-state index in [0.717, 1.165) is 37.9 Å². The van der Waals surface area contributed by atoms with Gasteiger partial charge in [0.15, 0.2) is 0 Å². The third-order valence-corrected chi connectivity index (χ3v) is 4.00. The largest absolute Gasteiger partial charge is 0.507 e. The lowest BCUT2D eigenvalue weighted by Crippen LogP contribution is -2.44. The number of hydrogen-bond donors (Lipinski definition) is 2. The minimum atomic E-state index is -0.0352. The van der Waals surface area contributed by atoms with E-state index in [-0.39, 0.29) is 17.7 Å². The Morgan fingerprint density at radius 3 is 3.00 bits per heavy atom. The van der Waals surface area contributed by atoms with Gasteiger partial charge in [0.25, 0.3) is 5.91 Å². The van der Waals surface area contributed by atoms with Gasteiger partial charge in [0.2, 0.25) is 0 Å². The first kappa shape index (κ1) is 14.9. The average Bonchev–Trinajstić information content (AvgIpc) is 2.47. The van der Waals surface area contributed by atoms with Gasteiger partial charge in [-0.05, 0) is 58.3 Å². The fraction of sp³-hybridized carbons (Fsp3) is 0.562. The van der Waals surface area contributed by atoms with E-state index >= 15 is 0 Å². The fourth-order valence-electron chi connectivity index (χ4n) is 2.85. The zero-order valence-electron chi connectivity index (χ0n) is 12.4. The third kappa shape index (κ3) is 3.31. The van der Waals surface area contributed by atoms with Gasteiger partial charge in [-0.15, -0.1) is 0 Å². The van der Waals surface area contributed by atoms with E-state index in [4.69, 9.17) is 0 Å². The lowest BCUT2D eigenvalue weighted by molar-refractivity contribution is 0.0599. The highest BCUT2D eigenvalue weighted by Gasteiger charge is 2.28. The number of phenolic OH excluding ortho intramolecular Hbond substituents is 1. The Bertz CT molecular complexity index is 474. The Labute approximate surface area is 120 Å². The monoisotopic (exact) mass is 276 g/mol. The summed E-state index contributed by atoms with van der Waals surface area (Å²) in [5.41, 5.74) is 1.43. The van der Waals surface area contributed by atoms with Crippen LogP contribution < -0.4 is 5.32 Å². The summed E-state index contributed by atoms with van der Waals surface area (Å²) >= 11 is 0. The fourth-order valence-corrected chi connectivity index (χ4v) is 2.85. The van der Waals surface area contributed by atoms with Crippen LogP contribution in [0.4, 0.5) is 0 Å². The predicted molar refractivity (Wildman–Crippen MR) is 80.1 cm³/mol. The molecule has 0 radical (unpaired) electrons. The van der Waals surface area contributed by atoms with Crippen molar-refractivity contribution < 1.29 is 9.90 Å². The van der Waals surface area contributed by atoms with Gasteiger partial charge in [-0.3, -0.25) is 4.79 Å². The molecule has 1 aromatic rings. The average molecular weight is 276 g/mol. The molecule has 1 fully saturated rings. The summed E-state index contributed by atoms with van der Waals surface area (Å²) in [4.78, 5) is 14.6. The van der Waals surface area contributed by atoms with Gasteiger partial charge in [0, 0.05) is 12.6 Å². The van der Waals surface area contributed by atoms with E-state index in [0.29, 0.717) is 5.56 Å². The molecule has 0 aromatic heterocycles. The molecule has 2 rings (SSSR count). The minimum Gasteiger partial charge on any atom is -0.507 e. The molecule has 1 aromatic carbocycles. The standard InChI is InChI=1S/C16H24N2O2/c1-12-6-7-15(19)14(11-12)16(20)18-10-4-3-5-13(18)8-9-17-2/h6-7,11,13,17,19H,3-5,8-10H2,1-2H3. The van der Waals surface area contributed by atoms with Gasteiger partial charge in [0.1, 0.15) is 5.75 Å². The van der Waals surface area contributed by atoms with Crippen molar-refractivity contribution in [3.63, 3.8) is 0 Å². The van der Waals surface area contributed by atoms with E-state index < -0.39 is 0 Å². The molecule has 2 N–H and O–H groups in total. The molecule has 1 amide bonds. The molecule has 20 heavy (non-hydrogen) atoms. The summed E-state index contributed by atoms with van der Waals surface area (Å²) in [7, 11) is 1.93. The van der Waals surface area contributed by atoms with Crippen molar-refractivity contribution in [1.29, 1.82) is 0 Å². The highest BCUT2D eigenvalue weighted by Crippen LogP contribution is 2.26. The van der Waals surface area contributed by atoms with Gasteiger partial charge < -0.3 is 15.3 Å². The topological polar surface area (TPSA) is 52.6 Å². The van der Waals surface area contributed by atoms with Crippen molar-refractivity contribution in [1.82, 2.24) is 10.2 Å². The molecule has 1 heterocycles. The molecule has 1 aliphatic heterocycles. The molecule has 1 aliphatic rings. The number of nitrogens with one attached hydrogen (secondary N) is 1. The molecule has 1 atom stereocenters. The Kier molecular flexibility index (Phi) is 5.01. The van der Waals surface area contributed by atoms with Crippen molar-refractivity contribution in [2.24, 2.45) is 0 Å². The number of aryl methyl sites for hydroxylation is 1. The quantitative estimate of drug-likeness (QED) is 0.887. The van der Waals surface area contributed by atoms with Crippen molar-refractivity contribution in [3.8, 4) is 5.75 Å². The molecule has 0 saturated carbocycles. The number of likely N-dealkylation sites (tertiary alicyclic amines) is 1. The van der Waals surface area contributed by atoms with Gasteiger partial charge in [-0.1, -0.05) is 11.6 Å². The first-order valence-corrected chi connectivity index (χ1v) is 7.38. The molecular weight excluding hydrogens is 252 g/mol. The minimum absolute atomic E-state index is 0.0352. The Morgan fingerprint density at radius 1 is 1.45 bits per heavy atom. The number of aromatic hydroxyl groups is 1. The van der Waals surface area contributed by atoms with Crippen LogP contribution in [0.3, 0.4) is 0 Å². The normalized spacial score (nSPS) is 19.1. The van der Waals surface area contributed by atoms with Crippen LogP contribution in [0, 0.1) is 6.92 Å². The number of carbonyl (C=O) groups is 1. The van der Waals surface area contributed by atoms with Gasteiger partial charge in [0.05, 0.1) is 5.56 Å². The van der Waals surface area contributed by atoms with E-state index in [1.165, 1.54) is 6.42 Å². The summed E-state index contributed by atoms with van der Waals surface area (Å²) in [6.07, 6.45) is 4.25. The lowest BCUT2D eigenvalue weighted by Gasteiger charge is -2.36. The zero-order valence-corrected chi connectivity index (χ0v) is 12.4. The smallest absolute Gasteiger partial charge is 0.257 e. The summed E-state index contributed by atoms with van der Waals surface area (Å²) in [6.45, 7) is 3.64. The third-order valence-electron chi connectivity index (χ3n) is 4.00. The molecule has 0 spiro atoms. The van der Waals surface area contributed by atoms with E-state index in [1.807, 2.05) is 24.9 Å². The van der Waals surface area contributed by atoms with Crippen LogP contribution >= 0.6 is 0 Å². The van der Waals surface area contributed by atoms with E-state index in [2.05, 4.69) is 5.32 Å². The molecule has 4 nitrogen and oxygen atoms in total. The summed E-state index contributed by atoms with van der Waals surface area (Å²) in [5, 5.41) is 13.1. The molecule has 0 bridgehead atoms. The van der Waals surface area contributed by atoms with Crippen LogP contribution in [0.25, 0.3) is 0 Å². The predicted octanol–water partition coefficient (Wildman–Crippen LogP) is 2.30. The number of piperidine rings is 1. The van der Waals surface area contributed by atoms with Crippen LogP contribution in [-0.2, 0) is 0 Å². The van der Waals surface area contributed by atoms with Crippen molar-refractivity contribution >= 4 is 5.91 Å². The highest BCUT2D eigenvalue weighted by atomic mass is 16.3. The second kappa shape index (κ2) is 6.75. The summed E-state index contributed by atoms with van der Waals surface area (Å²) < 4.78 is 0. The maximum Gasteiger partial charge on any atom is 0.257 e. The second-order valence-electron chi connectivity index (χ2n) is 5.56. The van der Waals surface area contributed by atoms with Gasteiger partial charge in [-0.25, -0.2) is 0 Å². The van der Waals surface area contributed by atoms with E-state index in [1.54, 1.807) is 12.1 Å². The second-order valence-corrected chi connectivity index (χ2v) is 5.56. The maximum absolute atomic E-state index is 12.7. The highest BCUT2D eigenvalue weighted by molar-refractivity contribution is 5.97. The Morgan fingerprint density at radius 2 is 2.25 bits per heavy atom. The van der Waals surface area contributed by atoms with Crippen LogP contribution in [0.5, 0.6) is 5.75 Å².